The maximum atomic E-state index is 13.4. The van der Waals surface area contributed by atoms with E-state index in [1.165, 1.54) is 19.9 Å². The second-order valence-electron chi connectivity index (χ2n) is 3.50. The van der Waals surface area contributed by atoms with Crippen molar-refractivity contribution >= 4 is 21.6 Å². The van der Waals surface area contributed by atoms with Gasteiger partial charge in [0, 0.05) is 11.1 Å². The molecule has 0 aliphatic carbocycles. The second-order valence-corrected chi connectivity index (χ2v) is 5.51. The molecule has 0 saturated heterocycles. The number of rotatable bonds is 4. The molecule has 0 aliphatic rings. The largest absolute Gasteiger partial charge is 0.366 e. The Kier molecular flexibility index (Phi) is 3.72. The van der Waals surface area contributed by atoms with E-state index in [9.17, 15) is 17.6 Å². The Morgan fingerprint density at radius 1 is 1.47 bits per heavy atom. The number of amides is 1. The van der Waals surface area contributed by atoms with E-state index in [-0.39, 0.29) is 22.6 Å². The molecule has 1 aromatic carbocycles. The van der Waals surface area contributed by atoms with Gasteiger partial charge in [0.05, 0.1) is 11.4 Å². The molecule has 0 radical (unpaired) electrons. The Labute approximate surface area is 98.9 Å². The van der Waals surface area contributed by atoms with E-state index in [1.807, 2.05) is 0 Å². The molecule has 5 nitrogen and oxygen atoms in total. The van der Waals surface area contributed by atoms with Crippen LogP contribution in [0.25, 0.3) is 0 Å². The highest BCUT2D eigenvalue weighted by Gasteiger charge is 2.14. The number of hydrogen-bond acceptors (Lipinski definition) is 3. The van der Waals surface area contributed by atoms with Crippen molar-refractivity contribution in [2.24, 2.45) is 5.73 Å². The molecule has 17 heavy (non-hydrogen) atoms. The van der Waals surface area contributed by atoms with Crippen molar-refractivity contribution in [3.63, 3.8) is 0 Å². The first-order valence-corrected chi connectivity index (χ1v) is 6.52. The van der Waals surface area contributed by atoms with Crippen LogP contribution < -0.4 is 10.5 Å². The molecule has 94 valence electrons. The summed E-state index contributed by atoms with van der Waals surface area (Å²) in [5, 5.41) is 0. The minimum atomic E-state index is -3.52. The summed E-state index contributed by atoms with van der Waals surface area (Å²) < 4.78 is 38.4. The smallest absolute Gasteiger partial charge is 0.248 e. The van der Waals surface area contributed by atoms with E-state index in [4.69, 9.17) is 5.73 Å². The fraction of sp³-hybridized carbons (Fsp3) is 0.300. The third-order valence-corrected chi connectivity index (χ3v) is 3.57. The summed E-state index contributed by atoms with van der Waals surface area (Å²) in [7, 11) is -3.52. The molecule has 0 unspecified atom stereocenters. The monoisotopic (exact) mass is 260 g/mol. The summed E-state index contributed by atoms with van der Waals surface area (Å²) in [6, 6.07) is 2.19. The number of sulfonamides is 1. The Bertz CT molecular complexity index is 555. The van der Waals surface area contributed by atoms with Crippen molar-refractivity contribution in [2.75, 3.05) is 10.5 Å². The molecular weight excluding hydrogens is 247 g/mol. The minimum absolute atomic E-state index is 0.0284. The van der Waals surface area contributed by atoms with Crippen molar-refractivity contribution in [3.05, 3.63) is 29.1 Å². The van der Waals surface area contributed by atoms with Crippen LogP contribution >= 0.6 is 0 Å². The number of nitrogens with one attached hydrogen (secondary N) is 1. The highest BCUT2D eigenvalue weighted by Crippen LogP contribution is 2.21. The fourth-order valence-electron chi connectivity index (χ4n) is 1.17. The van der Waals surface area contributed by atoms with Crippen molar-refractivity contribution < 1.29 is 17.6 Å². The number of carbonyl (C=O) groups is 1. The van der Waals surface area contributed by atoms with Crippen LogP contribution in [0.5, 0.6) is 0 Å². The average Bonchev–Trinajstić information content (AvgIpc) is 2.24. The van der Waals surface area contributed by atoms with Gasteiger partial charge in [-0.15, -0.1) is 0 Å². The second kappa shape index (κ2) is 4.70. The molecule has 0 aliphatic heterocycles. The molecular formula is C10H13FN2O3S. The summed E-state index contributed by atoms with van der Waals surface area (Å²) >= 11 is 0. The van der Waals surface area contributed by atoms with Crippen molar-refractivity contribution in [2.45, 2.75) is 13.8 Å². The molecule has 0 atom stereocenters. The first-order chi connectivity index (χ1) is 7.76. The zero-order valence-corrected chi connectivity index (χ0v) is 10.3. The van der Waals surface area contributed by atoms with Crippen LogP contribution in [-0.2, 0) is 10.0 Å². The molecule has 1 aromatic rings. The first-order valence-electron chi connectivity index (χ1n) is 4.87. The highest BCUT2D eigenvalue weighted by molar-refractivity contribution is 7.92. The van der Waals surface area contributed by atoms with Gasteiger partial charge in [-0.2, -0.15) is 0 Å². The number of halogens is 1. The molecule has 0 bridgehead atoms. The summed E-state index contributed by atoms with van der Waals surface area (Å²) in [4.78, 5) is 10.9. The SMILES string of the molecule is CCS(=O)(=O)Nc1cc(C(N)=O)cc(F)c1C. The average molecular weight is 260 g/mol. The van der Waals surface area contributed by atoms with Crippen molar-refractivity contribution in [1.82, 2.24) is 0 Å². The van der Waals surface area contributed by atoms with Crippen molar-refractivity contribution in [3.8, 4) is 0 Å². The number of primary amides is 1. The first kappa shape index (κ1) is 13.4. The van der Waals surface area contributed by atoms with E-state index in [1.54, 1.807) is 0 Å². The van der Waals surface area contributed by atoms with Crippen LogP contribution in [0, 0.1) is 12.7 Å². The number of nitrogens with two attached hydrogens (primary N) is 1. The number of anilines is 1. The van der Waals surface area contributed by atoms with Gasteiger partial charge in [0.1, 0.15) is 5.82 Å². The van der Waals surface area contributed by atoms with Gasteiger partial charge >= 0.3 is 0 Å². The van der Waals surface area contributed by atoms with Crippen LogP contribution in [0.15, 0.2) is 12.1 Å². The lowest BCUT2D eigenvalue weighted by Gasteiger charge is -2.11. The summed E-state index contributed by atoms with van der Waals surface area (Å²) in [6.45, 7) is 2.86. The van der Waals surface area contributed by atoms with Gasteiger partial charge in [0.15, 0.2) is 0 Å². The molecule has 1 rings (SSSR count). The molecule has 3 N–H and O–H groups in total. The quantitative estimate of drug-likeness (QED) is 0.846. The molecule has 0 saturated carbocycles. The van der Waals surface area contributed by atoms with E-state index in [2.05, 4.69) is 4.72 Å². The zero-order chi connectivity index (χ0) is 13.2. The van der Waals surface area contributed by atoms with Gasteiger partial charge in [0.2, 0.25) is 15.9 Å². The van der Waals surface area contributed by atoms with E-state index >= 15 is 0 Å². The number of carbonyl (C=O) groups excluding carboxylic acids is 1. The van der Waals surface area contributed by atoms with E-state index < -0.39 is 21.7 Å². The molecule has 1 amide bonds. The topological polar surface area (TPSA) is 89.3 Å². The maximum absolute atomic E-state index is 13.4. The van der Waals surface area contributed by atoms with Crippen LogP contribution in [0.4, 0.5) is 10.1 Å². The third-order valence-electron chi connectivity index (χ3n) is 2.27. The third kappa shape index (κ3) is 3.16. The van der Waals surface area contributed by atoms with Crippen LogP contribution in [0.3, 0.4) is 0 Å². The summed E-state index contributed by atoms with van der Waals surface area (Å²) in [6.07, 6.45) is 0. The molecule has 0 fully saturated rings. The normalized spacial score (nSPS) is 11.2. The lowest BCUT2D eigenvalue weighted by Crippen LogP contribution is -2.17. The fourth-order valence-corrected chi connectivity index (χ4v) is 1.86. The van der Waals surface area contributed by atoms with Crippen LogP contribution in [-0.4, -0.2) is 20.1 Å². The number of benzene rings is 1. The lowest BCUT2D eigenvalue weighted by atomic mass is 10.1. The minimum Gasteiger partial charge on any atom is -0.366 e. The van der Waals surface area contributed by atoms with Gasteiger partial charge in [-0.25, -0.2) is 12.8 Å². The Hall–Kier alpha value is -1.63. The van der Waals surface area contributed by atoms with Crippen LogP contribution in [0.1, 0.15) is 22.8 Å². The van der Waals surface area contributed by atoms with Gasteiger partial charge in [0.25, 0.3) is 0 Å². The molecule has 7 heteroatoms. The lowest BCUT2D eigenvalue weighted by molar-refractivity contribution is 0.1000. The Balaban J connectivity index is 3.28. The summed E-state index contributed by atoms with van der Waals surface area (Å²) in [5.74, 6) is -1.65. The predicted octanol–water partition coefficient (Wildman–Crippen LogP) is 0.995. The van der Waals surface area contributed by atoms with Gasteiger partial charge in [-0.05, 0) is 26.0 Å². The Morgan fingerprint density at radius 2 is 2.06 bits per heavy atom. The van der Waals surface area contributed by atoms with Gasteiger partial charge < -0.3 is 5.73 Å². The van der Waals surface area contributed by atoms with Crippen LogP contribution in [0.2, 0.25) is 0 Å². The highest BCUT2D eigenvalue weighted by atomic mass is 32.2. The van der Waals surface area contributed by atoms with Gasteiger partial charge in [-0.3, -0.25) is 9.52 Å². The van der Waals surface area contributed by atoms with E-state index in [0.29, 0.717) is 0 Å². The van der Waals surface area contributed by atoms with Crippen molar-refractivity contribution in [1.29, 1.82) is 0 Å². The molecule has 0 heterocycles. The summed E-state index contributed by atoms with van der Waals surface area (Å²) in [5.41, 5.74) is 5.08. The number of hydrogen-bond donors (Lipinski definition) is 2. The predicted molar refractivity (Wildman–Crippen MR) is 62.7 cm³/mol. The van der Waals surface area contributed by atoms with Gasteiger partial charge in [-0.1, -0.05) is 0 Å². The maximum Gasteiger partial charge on any atom is 0.248 e. The molecule has 0 spiro atoms. The standard InChI is InChI=1S/C10H13FN2O3S/c1-3-17(15,16)13-9-5-7(10(12)14)4-8(11)6(9)2/h4-5,13H,3H2,1-2H3,(H2,12,14). The molecule has 0 aromatic heterocycles. The zero-order valence-electron chi connectivity index (χ0n) is 9.45. The Morgan fingerprint density at radius 3 is 2.53 bits per heavy atom. The van der Waals surface area contributed by atoms with E-state index in [0.717, 1.165) is 6.07 Å².